The van der Waals surface area contributed by atoms with Gasteiger partial charge >= 0.3 is 0 Å². The van der Waals surface area contributed by atoms with E-state index in [1.165, 1.54) is 12.1 Å². The van der Waals surface area contributed by atoms with E-state index in [0.717, 1.165) is 12.1 Å². The van der Waals surface area contributed by atoms with E-state index in [9.17, 15) is 4.39 Å². The molecule has 0 aliphatic rings. The molecule has 0 fully saturated rings. The Bertz CT molecular complexity index is 838. The highest BCUT2D eigenvalue weighted by Gasteiger charge is 2.17. The Morgan fingerprint density at radius 1 is 1.22 bits per heavy atom. The van der Waals surface area contributed by atoms with Crippen molar-refractivity contribution in [2.45, 2.75) is 13.8 Å². The van der Waals surface area contributed by atoms with E-state index in [1.807, 2.05) is 0 Å². The van der Waals surface area contributed by atoms with Crippen LogP contribution in [0.1, 0.15) is 13.8 Å². The van der Waals surface area contributed by atoms with Gasteiger partial charge in [-0.1, -0.05) is 13.8 Å². The quantitative estimate of drug-likeness (QED) is 0.774. The van der Waals surface area contributed by atoms with Gasteiger partial charge in [0.2, 0.25) is 5.95 Å². The van der Waals surface area contributed by atoms with Crippen molar-refractivity contribution < 1.29 is 4.39 Å². The van der Waals surface area contributed by atoms with Gasteiger partial charge in [-0.05, 0) is 30.2 Å². The molecule has 7 heteroatoms. The van der Waals surface area contributed by atoms with Crippen molar-refractivity contribution in [3.8, 4) is 11.3 Å². The molecule has 0 unspecified atom stereocenters. The number of fused-ring (bicyclic) bond motifs is 1. The van der Waals surface area contributed by atoms with Crippen LogP contribution in [-0.4, -0.2) is 26.3 Å². The third kappa shape index (κ3) is 2.94. The third-order valence-corrected chi connectivity index (χ3v) is 3.53. The summed E-state index contributed by atoms with van der Waals surface area (Å²) in [6.45, 7) is 4.95. The van der Waals surface area contributed by atoms with Gasteiger partial charge in [-0.2, -0.15) is 10.1 Å². The monoisotopic (exact) mass is 314 g/mol. The summed E-state index contributed by atoms with van der Waals surface area (Å²) >= 11 is 0. The van der Waals surface area contributed by atoms with Gasteiger partial charge in [0, 0.05) is 19.2 Å². The normalized spacial score (nSPS) is 11.3. The molecule has 120 valence electrons. The van der Waals surface area contributed by atoms with Gasteiger partial charge in [-0.15, -0.1) is 0 Å². The molecule has 0 spiro atoms. The molecular formula is C16H19FN6. The molecule has 0 bridgehead atoms. The Morgan fingerprint density at radius 2 is 1.91 bits per heavy atom. The highest BCUT2D eigenvalue weighted by molar-refractivity contribution is 5.98. The fourth-order valence-corrected chi connectivity index (χ4v) is 2.31. The van der Waals surface area contributed by atoms with Gasteiger partial charge in [0.25, 0.3) is 0 Å². The average molecular weight is 314 g/mol. The first-order valence-electron chi connectivity index (χ1n) is 7.45. The van der Waals surface area contributed by atoms with E-state index in [-0.39, 0.29) is 5.82 Å². The van der Waals surface area contributed by atoms with Gasteiger partial charge in [0.15, 0.2) is 5.65 Å². The van der Waals surface area contributed by atoms with Crippen LogP contribution in [0.3, 0.4) is 0 Å². The van der Waals surface area contributed by atoms with Crippen LogP contribution in [0.15, 0.2) is 24.3 Å². The molecule has 0 aliphatic heterocycles. The van der Waals surface area contributed by atoms with E-state index < -0.39 is 0 Å². The molecule has 3 aromatic rings. The highest BCUT2D eigenvalue weighted by Crippen LogP contribution is 2.31. The van der Waals surface area contributed by atoms with Gasteiger partial charge in [0.1, 0.15) is 11.6 Å². The molecular weight excluding hydrogens is 295 g/mol. The average Bonchev–Trinajstić information content (AvgIpc) is 2.80. The SMILES string of the molecule is CC(C)CNc1nc(-c2ccc(F)cc2)c2c(N)n(C)nc2n1. The summed E-state index contributed by atoms with van der Waals surface area (Å²) in [5.74, 6) is 1.13. The lowest BCUT2D eigenvalue weighted by atomic mass is 10.1. The van der Waals surface area contributed by atoms with Gasteiger partial charge < -0.3 is 11.1 Å². The summed E-state index contributed by atoms with van der Waals surface area (Å²) in [4.78, 5) is 8.99. The number of halogens is 1. The zero-order valence-electron chi connectivity index (χ0n) is 13.3. The summed E-state index contributed by atoms with van der Waals surface area (Å²) < 4.78 is 14.8. The van der Waals surface area contributed by atoms with E-state index in [4.69, 9.17) is 5.73 Å². The van der Waals surface area contributed by atoms with Crippen LogP contribution in [0.4, 0.5) is 16.2 Å². The topological polar surface area (TPSA) is 81.6 Å². The lowest BCUT2D eigenvalue weighted by Crippen LogP contribution is -2.11. The number of anilines is 2. The van der Waals surface area contributed by atoms with Crippen molar-refractivity contribution in [2.75, 3.05) is 17.6 Å². The maximum atomic E-state index is 13.2. The second-order valence-electron chi connectivity index (χ2n) is 5.88. The van der Waals surface area contributed by atoms with Crippen LogP contribution in [0.2, 0.25) is 0 Å². The van der Waals surface area contributed by atoms with Crippen molar-refractivity contribution in [3.05, 3.63) is 30.1 Å². The summed E-state index contributed by atoms with van der Waals surface area (Å²) in [7, 11) is 1.76. The Morgan fingerprint density at radius 3 is 2.57 bits per heavy atom. The zero-order valence-corrected chi connectivity index (χ0v) is 13.3. The molecule has 23 heavy (non-hydrogen) atoms. The Kier molecular flexibility index (Phi) is 3.85. The molecule has 0 radical (unpaired) electrons. The first-order valence-corrected chi connectivity index (χ1v) is 7.45. The van der Waals surface area contributed by atoms with Crippen LogP contribution in [0.5, 0.6) is 0 Å². The number of nitrogens with one attached hydrogen (secondary N) is 1. The minimum atomic E-state index is -0.295. The molecule has 2 aromatic heterocycles. The van der Waals surface area contributed by atoms with Gasteiger partial charge in [-0.25, -0.2) is 9.37 Å². The molecule has 6 nitrogen and oxygen atoms in total. The smallest absolute Gasteiger partial charge is 0.225 e. The number of nitrogen functional groups attached to an aromatic ring is 1. The molecule has 2 heterocycles. The number of aryl methyl sites for hydroxylation is 1. The molecule has 0 atom stereocenters. The number of nitrogens with zero attached hydrogens (tertiary/aromatic N) is 4. The number of hydrogen-bond acceptors (Lipinski definition) is 5. The van der Waals surface area contributed by atoms with Crippen molar-refractivity contribution in [2.24, 2.45) is 13.0 Å². The van der Waals surface area contributed by atoms with Crippen molar-refractivity contribution in [3.63, 3.8) is 0 Å². The van der Waals surface area contributed by atoms with Crippen molar-refractivity contribution >= 4 is 22.8 Å². The third-order valence-electron chi connectivity index (χ3n) is 3.53. The van der Waals surface area contributed by atoms with Crippen LogP contribution >= 0.6 is 0 Å². The summed E-state index contributed by atoms with van der Waals surface area (Å²) in [5, 5.41) is 8.21. The second kappa shape index (κ2) is 5.83. The Hall–Kier alpha value is -2.70. The van der Waals surface area contributed by atoms with Crippen molar-refractivity contribution in [1.82, 2.24) is 19.7 Å². The maximum Gasteiger partial charge on any atom is 0.225 e. The molecule has 3 rings (SSSR count). The molecule has 0 saturated heterocycles. The Balaban J connectivity index is 2.17. The first-order chi connectivity index (χ1) is 11.0. The lowest BCUT2D eigenvalue weighted by molar-refractivity contribution is 0.628. The molecule has 1 aromatic carbocycles. The number of rotatable bonds is 4. The minimum Gasteiger partial charge on any atom is -0.383 e. The summed E-state index contributed by atoms with van der Waals surface area (Å²) in [6, 6.07) is 6.15. The number of hydrogen-bond donors (Lipinski definition) is 2. The predicted octanol–water partition coefficient (Wildman–Crippen LogP) is 2.82. The number of benzene rings is 1. The first kappa shape index (κ1) is 15.2. The minimum absolute atomic E-state index is 0.295. The molecule has 0 saturated carbocycles. The van der Waals surface area contributed by atoms with Crippen LogP contribution in [-0.2, 0) is 7.05 Å². The van der Waals surface area contributed by atoms with Crippen molar-refractivity contribution in [1.29, 1.82) is 0 Å². The zero-order chi connectivity index (χ0) is 16.6. The summed E-state index contributed by atoms with van der Waals surface area (Å²) in [5.41, 5.74) is 8.04. The Labute approximate surface area is 133 Å². The number of aromatic nitrogens is 4. The highest BCUT2D eigenvalue weighted by atomic mass is 19.1. The van der Waals surface area contributed by atoms with E-state index in [2.05, 4.69) is 34.2 Å². The van der Waals surface area contributed by atoms with Gasteiger partial charge in [0.05, 0.1) is 11.1 Å². The van der Waals surface area contributed by atoms with Crippen LogP contribution < -0.4 is 11.1 Å². The largest absolute Gasteiger partial charge is 0.383 e. The lowest BCUT2D eigenvalue weighted by Gasteiger charge is -2.10. The standard InChI is InChI=1S/C16H19FN6/c1-9(2)8-19-16-20-13(10-4-6-11(17)7-5-10)12-14(18)23(3)22-15(12)21-16/h4-7,9H,8,18H2,1-3H3,(H,19,21,22). The van der Waals surface area contributed by atoms with E-state index >= 15 is 0 Å². The van der Waals surface area contributed by atoms with E-state index in [0.29, 0.717) is 34.4 Å². The number of nitrogens with two attached hydrogens (primary N) is 1. The van der Waals surface area contributed by atoms with Crippen LogP contribution in [0, 0.1) is 11.7 Å². The van der Waals surface area contributed by atoms with Crippen LogP contribution in [0.25, 0.3) is 22.3 Å². The van der Waals surface area contributed by atoms with E-state index in [1.54, 1.807) is 23.9 Å². The molecule has 3 N–H and O–H groups in total. The van der Waals surface area contributed by atoms with Gasteiger partial charge in [-0.3, -0.25) is 4.68 Å². The molecule has 0 amide bonds. The maximum absolute atomic E-state index is 13.2. The second-order valence-corrected chi connectivity index (χ2v) is 5.88. The molecule has 0 aliphatic carbocycles. The summed E-state index contributed by atoms with van der Waals surface area (Å²) in [6.07, 6.45) is 0. The fraction of sp³-hybridized carbons (Fsp3) is 0.312. The predicted molar refractivity (Wildman–Crippen MR) is 89.4 cm³/mol. The fourth-order valence-electron chi connectivity index (χ4n) is 2.31.